The number of aryl methyl sites for hydroxylation is 1. The largest absolute Gasteiger partial charge is 0.340 e. The Morgan fingerprint density at radius 2 is 1.48 bits per heavy atom. The number of rotatable bonds is 8. The molecule has 7 heteroatoms. The molecule has 0 aliphatic rings. The Labute approximate surface area is 171 Å². The summed E-state index contributed by atoms with van der Waals surface area (Å²) in [5, 5.41) is 9.38. The number of hydrogen-bond acceptors (Lipinski definition) is 6. The van der Waals surface area contributed by atoms with Crippen LogP contribution in [0.1, 0.15) is 32.3 Å². The molecule has 0 aliphatic heterocycles. The fourth-order valence-corrected chi connectivity index (χ4v) is 2.92. The molecule has 0 spiro atoms. The van der Waals surface area contributed by atoms with E-state index in [1.807, 2.05) is 63.2 Å². The zero-order chi connectivity index (χ0) is 20.6. The molecule has 0 aliphatic carbocycles. The molecule has 0 bridgehead atoms. The molecule has 150 valence electrons. The second-order valence-corrected chi connectivity index (χ2v) is 6.84. The van der Waals surface area contributed by atoms with E-state index in [9.17, 15) is 4.79 Å². The average molecular weight is 390 g/mol. The number of carbonyl (C=O) groups excluding carboxylic acids is 1. The summed E-state index contributed by atoms with van der Waals surface area (Å²) in [6.45, 7) is 6.07. The summed E-state index contributed by atoms with van der Waals surface area (Å²) in [4.78, 5) is 25.0. The molecule has 0 atom stereocenters. The molecule has 1 amide bonds. The van der Waals surface area contributed by atoms with E-state index in [1.54, 1.807) is 6.20 Å². The normalized spacial score (nSPS) is 10.6. The van der Waals surface area contributed by atoms with Crippen molar-refractivity contribution in [3.63, 3.8) is 0 Å². The molecule has 7 nitrogen and oxygen atoms in total. The van der Waals surface area contributed by atoms with Gasteiger partial charge in [-0.25, -0.2) is 15.0 Å². The number of carbonyl (C=O) groups is 1. The van der Waals surface area contributed by atoms with Gasteiger partial charge in [0.2, 0.25) is 5.91 Å². The maximum Gasteiger partial charge on any atom is 0.227 e. The highest BCUT2D eigenvalue weighted by molar-refractivity contribution is 5.92. The lowest BCUT2D eigenvalue weighted by Gasteiger charge is -2.13. The minimum Gasteiger partial charge on any atom is -0.340 e. The van der Waals surface area contributed by atoms with Crippen LogP contribution in [0.4, 0.5) is 28.8 Å². The molecule has 3 aromatic rings. The fraction of sp³-hybridized carbons (Fsp3) is 0.273. The predicted octanol–water partition coefficient (Wildman–Crippen LogP) is 5.04. The quantitative estimate of drug-likeness (QED) is 0.499. The van der Waals surface area contributed by atoms with Crippen LogP contribution in [0.25, 0.3) is 0 Å². The molecule has 3 rings (SSSR count). The van der Waals surface area contributed by atoms with Gasteiger partial charge in [-0.05, 0) is 61.7 Å². The van der Waals surface area contributed by atoms with Gasteiger partial charge in [0, 0.05) is 29.6 Å². The molecule has 0 radical (unpaired) electrons. The van der Waals surface area contributed by atoms with Crippen molar-refractivity contribution < 1.29 is 4.79 Å². The van der Waals surface area contributed by atoms with E-state index >= 15 is 0 Å². The van der Waals surface area contributed by atoms with Crippen LogP contribution in [0.5, 0.6) is 0 Å². The summed E-state index contributed by atoms with van der Waals surface area (Å²) < 4.78 is 0. The number of aromatic nitrogens is 3. The Morgan fingerprint density at radius 3 is 2.14 bits per heavy atom. The number of benzene rings is 1. The van der Waals surface area contributed by atoms with Gasteiger partial charge in [-0.15, -0.1) is 0 Å². The maximum atomic E-state index is 12.2. The van der Waals surface area contributed by atoms with Crippen LogP contribution < -0.4 is 16.0 Å². The Morgan fingerprint density at radius 1 is 0.862 bits per heavy atom. The van der Waals surface area contributed by atoms with Gasteiger partial charge in [0.15, 0.2) is 0 Å². The Kier molecular flexibility index (Phi) is 6.73. The van der Waals surface area contributed by atoms with Crippen molar-refractivity contribution in [2.24, 2.45) is 5.92 Å². The van der Waals surface area contributed by atoms with E-state index in [0.29, 0.717) is 11.6 Å². The highest BCUT2D eigenvalue weighted by Gasteiger charge is 2.13. The van der Waals surface area contributed by atoms with Crippen LogP contribution in [0.3, 0.4) is 0 Å². The first-order chi connectivity index (χ1) is 14.1. The third-order valence-electron chi connectivity index (χ3n) is 4.62. The first kappa shape index (κ1) is 20.3. The van der Waals surface area contributed by atoms with Crippen molar-refractivity contribution in [2.75, 3.05) is 16.0 Å². The third-order valence-corrected chi connectivity index (χ3v) is 4.62. The standard InChI is InChI=1S/C22H26N6O/c1-4-16(5-2)22(29)27-18-8-6-17(7-9-18)26-20-13-21(25-14-24-20)28-19-12-15(3)10-11-23-19/h6-14,16H,4-5H2,1-3H3,(H,27,29)(H2,23,24,25,26,28). The summed E-state index contributed by atoms with van der Waals surface area (Å²) in [5.41, 5.74) is 2.76. The van der Waals surface area contributed by atoms with Crippen LogP contribution in [-0.4, -0.2) is 20.9 Å². The van der Waals surface area contributed by atoms with Crippen LogP contribution in [-0.2, 0) is 4.79 Å². The van der Waals surface area contributed by atoms with Crippen molar-refractivity contribution in [3.8, 4) is 0 Å². The first-order valence-corrected chi connectivity index (χ1v) is 9.77. The second-order valence-electron chi connectivity index (χ2n) is 6.84. The topological polar surface area (TPSA) is 91.8 Å². The van der Waals surface area contributed by atoms with Crippen LogP contribution in [0.15, 0.2) is 55.0 Å². The van der Waals surface area contributed by atoms with Crippen molar-refractivity contribution in [1.82, 2.24) is 15.0 Å². The molecule has 0 fully saturated rings. The maximum absolute atomic E-state index is 12.2. The van der Waals surface area contributed by atoms with Gasteiger partial charge in [-0.3, -0.25) is 4.79 Å². The Balaban J connectivity index is 1.63. The van der Waals surface area contributed by atoms with E-state index in [-0.39, 0.29) is 11.8 Å². The van der Waals surface area contributed by atoms with Crippen molar-refractivity contribution in [1.29, 1.82) is 0 Å². The predicted molar refractivity (Wildman–Crippen MR) is 117 cm³/mol. The molecule has 0 unspecified atom stereocenters. The molecule has 2 aromatic heterocycles. The minimum atomic E-state index is 0.0441. The van der Waals surface area contributed by atoms with E-state index < -0.39 is 0 Å². The van der Waals surface area contributed by atoms with Gasteiger partial charge < -0.3 is 16.0 Å². The molecular weight excluding hydrogens is 364 g/mol. The average Bonchev–Trinajstić information content (AvgIpc) is 2.71. The number of pyridine rings is 1. The lowest BCUT2D eigenvalue weighted by molar-refractivity contribution is -0.120. The lowest BCUT2D eigenvalue weighted by atomic mass is 10.0. The van der Waals surface area contributed by atoms with Crippen LogP contribution >= 0.6 is 0 Å². The Hall–Kier alpha value is -3.48. The van der Waals surface area contributed by atoms with E-state index in [1.165, 1.54) is 6.33 Å². The molecule has 29 heavy (non-hydrogen) atoms. The monoisotopic (exact) mass is 390 g/mol. The fourth-order valence-electron chi connectivity index (χ4n) is 2.92. The zero-order valence-corrected chi connectivity index (χ0v) is 16.9. The second kappa shape index (κ2) is 9.64. The zero-order valence-electron chi connectivity index (χ0n) is 16.9. The van der Waals surface area contributed by atoms with Gasteiger partial charge >= 0.3 is 0 Å². The number of anilines is 5. The summed E-state index contributed by atoms with van der Waals surface area (Å²) in [5.74, 6) is 2.14. The van der Waals surface area contributed by atoms with Crippen molar-refractivity contribution >= 4 is 34.7 Å². The van der Waals surface area contributed by atoms with Crippen LogP contribution in [0.2, 0.25) is 0 Å². The van der Waals surface area contributed by atoms with Gasteiger partial charge in [0.25, 0.3) is 0 Å². The number of hydrogen-bond donors (Lipinski definition) is 3. The summed E-state index contributed by atoms with van der Waals surface area (Å²) >= 11 is 0. The Bertz CT molecular complexity index is 954. The molecule has 1 aromatic carbocycles. The van der Waals surface area contributed by atoms with Gasteiger partial charge in [0.05, 0.1) is 0 Å². The van der Waals surface area contributed by atoms with Crippen molar-refractivity contribution in [3.05, 3.63) is 60.6 Å². The van der Waals surface area contributed by atoms with E-state index in [2.05, 4.69) is 30.9 Å². The number of nitrogens with one attached hydrogen (secondary N) is 3. The summed E-state index contributed by atoms with van der Waals surface area (Å²) in [6.07, 6.45) is 4.92. The number of nitrogens with zero attached hydrogens (tertiary/aromatic N) is 3. The first-order valence-electron chi connectivity index (χ1n) is 9.77. The summed E-state index contributed by atoms with van der Waals surface area (Å²) in [7, 11) is 0. The van der Waals surface area contributed by atoms with Gasteiger partial charge in [0.1, 0.15) is 23.8 Å². The van der Waals surface area contributed by atoms with Gasteiger partial charge in [-0.2, -0.15) is 0 Å². The highest BCUT2D eigenvalue weighted by atomic mass is 16.1. The molecule has 3 N–H and O–H groups in total. The van der Waals surface area contributed by atoms with Crippen molar-refractivity contribution in [2.45, 2.75) is 33.6 Å². The molecule has 0 saturated carbocycles. The summed E-state index contributed by atoms with van der Waals surface area (Å²) in [6, 6.07) is 13.3. The number of amides is 1. The van der Waals surface area contributed by atoms with E-state index in [4.69, 9.17) is 0 Å². The molecule has 0 saturated heterocycles. The van der Waals surface area contributed by atoms with Crippen LogP contribution in [0, 0.1) is 12.8 Å². The highest BCUT2D eigenvalue weighted by Crippen LogP contribution is 2.21. The SMILES string of the molecule is CCC(CC)C(=O)Nc1ccc(Nc2cc(Nc3cc(C)ccn3)ncn2)cc1. The minimum absolute atomic E-state index is 0.0441. The van der Waals surface area contributed by atoms with E-state index in [0.717, 1.165) is 35.6 Å². The smallest absolute Gasteiger partial charge is 0.227 e. The lowest BCUT2D eigenvalue weighted by Crippen LogP contribution is -2.21. The van der Waals surface area contributed by atoms with Gasteiger partial charge in [-0.1, -0.05) is 13.8 Å². The molecule has 2 heterocycles. The molecular formula is C22H26N6O. The third kappa shape index (κ3) is 5.75.